The predicted molar refractivity (Wildman–Crippen MR) is 75.8 cm³/mol. The zero-order valence-electron chi connectivity index (χ0n) is 11.8. The molecule has 1 fully saturated rings. The van der Waals surface area contributed by atoms with Gasteiger partial charge in [0.25, 0.3) is 0 Å². The molecule has 1 aliphatic heterocycles. The van der Waals surface area contributed by atoms with E-state index < -0.39 is 0 Å². The highest BCUT2D eigenvalue weighted by Gasteiger charge is 2.28. The van der Waals surface area contributed by atoms with Crippen LogP contribution in [-0.4, -0.2) is 42.1 Å². The molecule has 0 spiro atoms. The second-order valence-corrected chi connectivity index (χ2v) is 5.40. The van der Waals surface area contributed by atoms with E-state index in [0.29, 0.717) is 18.6 Å². The number of rotatable bonds is 2. The summed E-state index contributed by atoms with van der Waals surface area (Å²) >= 11 is 0. The van der Waals surface area contributed by atoms with Crippen LogP contribution >= 0.6 is 0 Å². The van der Waals surface area contributed by atoms with E-state index in [1.165, 1.54) is 11.1 Å². The van der Waals surface area contributed by atoms with Crippen molar-refractivity contribution in [2.24, 2.45) is 5.73 Å². The number of pyridine rings is 1. The Morgan fingerprint density at radius 2 is 1.94 bits per heavy atom. The van der Waals surface area contributed by atoms with E-state index in [9.17, 15) is 0 Å². The summed E-state index contributed by atoms with van der Waals surface area (Å²) in [5, 5.41) is 0. The molecule has 2 N–H and O–H groups in total. The maximum absolute atomic E-state index is 5.88. The molecule has 4 heteroatoms. The summed E-state index contributed by atoms with van der Waals surface area (Å²) in [5.41, 5.74) is 8.30. The standard InChI is InChI=1S/C14H24N4/c1-10-5-6-16-14(13(10)7-15)18-8-11(2)17(4)12(3)9-18/h5-6,11-12H,7-9,15H2,1-4H3. The summed E-state index contributed by atoms with van der Waals surface area (Å²) in [7, 11) is 2.19. The molecule has 2 heterocycles. The molecule has 1 aliphatic rings. The fraction of sp³-hybridized carbons (Fsp3) is 0.643. The summed E-state index contributed by atoms with van der Waals surface area (Å²) in [6.45, 7) is 9.23. The van der Waals surface area contributed by atoms with Gasteiger partial charge in [0, 0.05) is 43.5 Å². The van der Waals surface area contributed by atoms with Crippen molar-refractivity contribution in [3.05, 3.63) is 23.4 Å². The summed E-state index contributed by atoms with van der Waals surface area (Å²) in [6, 6.07) is 3.12. The summed E-state index contributed by atoms with van der Waals surface area (Å²) in [6.07, 6.45) is 1.89. The van der Waals surface area contributed by atoms with Crippen LogP contribution in [0.3, 0.4) is 0 Å². The van der Waals surface area contributed by atoms with Crippen molar-refractivity contribution in [2.45, 2.75) is 39.4 Å². The van der Waals surface area contributed by atoms with Crippen LogP contribution in [0.5, 0.6) is 0 Å². The Morgan fingerprint density at radius 3 is 2.50 bits per heavy atom. The fourth-order valence-corrected chi connectivity index (χ4v) is 2.68. The second kappa shape index (κ2) is 5.24. The molecule has 4 nitrogen and oxygen atoms in total. The topological polar surface area (TPSA) is 45.4 Å². The van der Waals surface area contributed by atoms with Crippen LogP contribution in [-0.2, 0) is 6.54 Å². The Bertz CT molecular complexity index is 406. The molecule has 0 amide bonds. The minimum absolute atomic E-state index is 0.543. The molecule has 2 unspecified atom stereocenters. The van der Waals surface area contributed by atoms with Crippen molar-refractivity contribution in [3.63, 3.8) is 0 Å². The number of aromatic nitrogens is 1. The summed E-state index contributed by atoms with van der Waals surface area (Å²) in [4.78, 5) is 9.36. The number of aryl methyl sites for hydroxylation is 1. The number of nitrogens with two attached hydrogens (primary N) is 1. The van der Waals surface area contributed by atoms with Crippen molar-refractivity contribution < 1.29 is 0 Å². The predicted octanol–water partition coefficient (Wildman–Crippen LogP) is 1.38. The molecule has 100 valence electrons. The van der Waals surface area contributed by atoms with Crippen LogP contribution in [0.25, 0.3) is 0 Å². The van der Waals surface area contributed by atoms with Crippen LogP contribution in [0.15, 0.2) is 12.3 Å². The zero-order chi connectivity index (χ0) is 13.3. The highest BCUT2D eigenvalue weighted by atomic mass is 15.3. The van der Waals surface area contributed by atoms with Crippen molar-refractivity contribution in [1.29, 1.82) is 0 Å². The van der Waals surface area contributed by atoms with Gasteiger partial charge in [-0.05, 0) is 39.4 Å². The van der Waals surface area contributed by atoms with E-state index >= 15 is 0 Å². The SMILES string of the molecule is Cc1ccnc(N2CC(C)N(C)C(C)C2)c1CN. The Morgan fingerprint density at radius 1 is 1.33 bits per heavy atom. The summed E-state index contributed by atoms with van der Waals surface area (Å²) < 4.78 is 0. The van der Waals surface area contributed by atoms with Crippen molar-refractivity contribution >= 4 is 5.82 Å². The van der Waals surface area contributed by atoms with E-state index in [2.05, 4.69) is 42.6 Å². The molecular weight excluding hydrogens is 224 g/mol. The molecule has 0 bridgehead atoms. The minimum atomic E-state index is 0.543. The van der Waals surface area contributed by atoms with E-state index in [1.54, 1.807) is 0 Å². The van der Waals surface area contributed by atoms with Crippen molar-refractivity contribution in [2.75, 3.05) is 25.0 Å². The first kappa shape index (κ1) is 13.3. The third-order valence-electron chi connectivity index (χ3n) is 4.13. The monoisotopic (exact) mass is 248 g/mol. The highest BCUT2D eigenvalue weighted by Crippen LogP contribution is 2.24. The molecule has 1 aromatic rings. The average molecular weight is 248 g/mol. The van der Waals surface area contributed by atoms with Gasteiger partial charge in [-0.2, -0.15) is 0 Å². The molecule has 1 saturated heterocycles. The lowest BCUT2D eigenvalue weighted by atomic mass is 10.1. The van der Waals surface area contributed by atoms with Crippen LogP contribution in [0.1, 0.15) is 25.0 Å². The van der Waals surface area contributed by atoms with Crippen LogP contribution in [0.4, 0.5) is 5.82 Å². The third-order valence-corrected chi connectivity index (χ3v) is 4.13. The lowest BCUT2D eigenvalue weighted by Gasteiger charge is -2.43. The van der Waals surface area contributed by atoms with Gasteiger partial charge in [-0.1, -0.05) is 0 Å². The molecule has 0 radical (unpaired) electrons. The Labute approximate surface area is 110 Å². The number of hydrogen-bond donors (Lipinski definition) is 1. The molecule has 1 aromatic heterocycles. The average Bonchev–Trinajstić information content (AvgIpc) is 2.35. The van der Waals surface area contributed by atoms with Gasteiger partial charge in [0.05, 0.1) is 0 Å². The zero-order valence-corrected chi connectivity index (χ0v) is 11.8. The van der Waals surface area contributed by atoms with Gasteiger partial charge in [-0.15, -0.1) is 0 Å². The van der Waals surface area contributed by atoms with Gasteiger partial charge in [0.1, 0.15) is 5.82 Å². The van der Waals surface area contributed by atoms with Gasteiger partial charge in [-0.25, -0.2) is 4.98 Å². The van der Waals surface area contributed by atoms with Gasteiger partial charge in [-0.3, -0.25) is 4.90 Å². The number of anilines is 1. The molecule has 18 heavy (non-hydrogen) atoms. The lowest BCUT2D eigenvalue weighted by Crippen LogP contribution is -2.55. The first-order chi connectivity index (χ1) is 8.54. The smallest absolute Gasteiger partial charge is 0.133 e. The molecule has 2 rings (SSSR count). The number of piperazine rings is 1. The van der Waals surface area contributed by atoms with E-state index in [0.717, 1.165) is 18.9 Å². The Kier molecular flexibility index (Phi) is 3.88. The van der Waals surface area contributed by atoms with Crippen LogP contribution in [0.2, 0.25) is 0 Å². The molecule has 0 saturated carbocycles. The van der Waals surface area contributed by atoms with Gasteiger partial charge >= 0.3 is 0 Å². The number of nitrogens with zero attached hydrogens (tertiary/aromatic N) is 3. The maximum atomic E-state index is 5.88. The van der Waals surface area contributed by atoms with Gasteiger partial charge in [0.15, 0.2) is 0 Å². The molecule has 2 atom stereocenters. The summed E-state index contributed by atoms with van der Waals surface area (Å²) in [5.74, 6) is 1.07. The Hall–Kier alpha value is -1.13. The first-order valence-corrected chi connectivity index (χ1v) is 6.66. The number of likely N-dealkylation sites (N-methyl/N-ethyl adjacent to an activating group) is 1. The minimum Gasteiger partial charge on any atom is -0.353 e. The van der Waals surface area contributed by atoms with Crippen molar-refractivity contribution in [1.82, 2.24) is 9.88 Å². The largest absolute Gasteiger partial charge is 0.353 e. The van der Waals surface area contributed by atoms with Crippen LogP contribution in [0, 0.1) is 6.92 Å². The highest BCUT2D eigenvalue weighted by molar-refractivity contribution is 5.51. The fourth-order valence-electron chi connectivity index (χ4n) is 2.68. The second-order valence-electron chi connectivity index (χ2n) is 5.40. The number of hydrogen-bond acceptors (Lipinski definition) is 4. The molecular formula is C14H24N4. The van der Waals surface area contributed by atoms with Gasteiger partial charge < -0.3 is 10.6 Å². The lowest BCUT2D eigenvalue weighted by molar-refractivity contribution is 0.169. The van der Waals surface area contributed by atoms with E-state index in [-0.39, 0.29) is 0 Å². The molecule has 0 aromatic carbocycles. The van der Waals surface area contributed by atoms with E-state index in [4.69, 9.17) is 5.73 Å². The first-order valence-electron chi connectivity index (χ1n) is 6.66. The quantitative estimate of drug-likeness (QED) is 0.859. The maximum Gasteiger partial charge on any atom is 0.133 e. The Balaban J connectivity index is 2.29. The third kappa shape index (κ3) is 2.35. The van der Waals surface area contributed by atoms with Gasteiger partial charge in [0.2, 0.25) is 0 Å². The van der Waals surface area contributed by atoms with Crippen molar-refractivity contribution in [3.8, 4) is 0 Å². The van der Waals surface area contributed by atoms with E-state index in [1.807, 2.05) is 12.3 Å². The normalized spacial score (nSPS) is 25.5. The molecule has 0 aliphatic carbocycles. The van der Waals surface area contributed by atoms with Crippen LogP contribution < -0.4 is 10.6 Å².